The summed E-state index contributed by atoms with van der Waals surface area (Å²) in [4.78, 5) is 4.37. The lowest BCUT2D eigenvalue weighted by Crippen LogP contribution is -2.15. The number of aromatic nitrogens is 3. The molecule has 0 atom stereocenters. The number of anilines is 2. The molecule has 100 valence electrons. The first kappa shape index (κ1) is 12.2. The zero-order chi connectivity index (χ0) is 13.2. The number of thioether (sulfide) groups is 1. The summed E-state index contributed by atoms with van der Waals surface area (Å²) in [5, 5.41) is 8.31. The van der Waals surface area contributed by atoms with Crippen molar-refractivity contribution in [2.24, 2.45) is 7.05 Å². The van der Waals surface area contributed by atoms with Gasteiger partial charge >= 0.3 is 0 Å². The molecule has 0 amide bonds. The highest BCUT2D eigenvalue weighted by Gasteiger charge is 2.13. The van der Waals surface area contributed by atoms with E-state index in [1.54, 1.807) is 16.4 Å². The molecule has 0 saturated heterocycles. The molecule has 1 aromatic heterocycles. The monoisotopic (exact) mass is 278 g/mol. The Morgan fingerprint density at radius 3 is 2.79 bits per heavy atom. The molecule has 7 heteroatoms. The van der Waals surface area contributed by atoms with E-state index in [-0.39, 0.29) is 0 Å². The number of rotatable bonds is 3. The van der Waals surface area contributed by atoms with E-state index in [1.807, 2.05) is 31.5 Å². The molecule has 2 aromatic rings. The number of nitrogens with zero attached hydrogens (tertiary/aromatic N) is 3. The molecule has 0 spiro atoms. The van der Waals surface area contributed by atoms with E-state index in [0.717, 1.165) is 22.3 Å². The number of hydrogen-bond donors (Lipinski definition) is 1. The lowest BCUT2D eigenvalue weighted by Gasteiger charge is -2.18. The summed E-state index contributed by atoms with van der Waals surface area (Å²) in [5.41, 5.74) is 0.877. The number of nitrogens with one attached hydrogen (secondary N) is 1. The van der Waals surface area contributed by atoms with Crippen molar-refractivity contribution in [3.63, 3.8) is 0 Å². The normalized spacial score (nSPS) is 13.4. The number of ether oxygens (including phenoxy) is 2. The van der Waals surface area contributed by atoms with Crippen LogP contribution in [0.1, 0.15) is 0 Å². The van der Waals surface area contributed by atoms with Gasteiger partial charge in [-0.2, -0.15) is 4.98 Å². The van der Waals surface area contributed by atoms with Crippen molar-refractivity contribution in [2.75, 3.05) is 24.8 Å². The molecule has 0 fully saturated rings. The average Bonchev–Trinajstić information content (AvgIpc) is 2.78. The molecule has 1 aromatic carbocycles. The second-order valence-corrected chi connectivity index (χ2v) is 4.80. The summed E-state index contributed by atoms with van der Waals surface area (Å²) < 4.78 is 12.8. The van der Waals surface area contributed by atoms with Crippen molar-refractivity contribution < 1.29 is 9.47 Å². The van der Waals surface area contributed by atoms with Crippen LogP contribution in [0.15, 0.2) is 23.4 Å². The molecule has 6 nitrogen and oxygen atoms in total. The van der Waals surface area contributed by atoms with Gasteiger partial charge in [-0.05, 0) is 18.4 Å². The van der Waals surface area contributed by atoms with E-state index in [1.165, 1.54) is 0 Å². The molecular weight excluding hydrogens is 264 g/mol. The van der Waals surface area contributed by atoms with Crippen molar-refractivity contribution in [2.45, 2.75) is 5.16 Å². The molecule has 0 bridgehead atoms. The minimum absolute atomic E-state index is 0.573. The van der Waals surface area contributed by atoms with Gasteiger partial charge < -0.3 is 14.8 Å². The van der Waals surface area contributed by atoms with Crippen LogP contribution in [-0.2, 0) is 7.05 Å². The van der Waals surface area contributed by atoms with Crippen molar-refractivity contribution in [3.8, 4) is 11.5 Å². The largest absolute Gasteiger partial charge is 0.486 e. The van der Waals surface area contributed by atoms with Crippen LogP contribution < -0.4 is 14.8 Å². The molecule has 0 aliphatic carbocycles. The Morgan fingerprint density at radius 1 is 1.26 bits per heavy atom. The Morgan fingerprint density at radius 2 is 2.05 bits per heavy atom. The smallest absolute Gasteiger partial charge is 0.247 e. The Balaban J connectivity index is 1.82. The fourth-order valence-corrected chi connectivity index (χ4v) is 2.33. The van der Waals surface area contributed by atoms with Crippen LogP contribution in [0.25, 0.3) is 0 Å². The van der Waals surface area contributed by atoms with E-state index in [4.69, 9.17) is 9.47 Å². The van der Waals surface area contributed by atoms with Gasteiger partial charge in [-0.3, -0.25) is 0 Å². The molecule has 19 heavy (non-hydrogen) atoms. The van der Waals surface area contributed by atoms with E-state index in [0.29, 0.717) is 19.2 Å². The van der Waals surface area contributed by atoms with Crippen LogP contribution in [0.4, 0.5) is 11.6 Å². The summed E-state index contributed by atoms with van der Waals surface area (Å²) in [6.07, 6.45) is 1.97. The third kappa shape index (κ3) is 2.46. The van der Waals surface area contributed by atoms with Gasteiger partial charge in [0.25, 0.3) is 0 Å². The molecule has 2 heterocycles. The van der Waals surface area contributed by atoms with Gasteiger partial charge in [-0.25, -0.2) is 4.68 Å². The minimum Gasteiger partial charge on any atom is -0.486 e. The van der Waals surface area contributed by atoms with E-state index in [2.05, 4.69) is 15.4 Å². The minimum atomic E-state index is 0.573. The van der Waals surface area contributed by atoms with Gasteiger partial charge in [0, 0.05) is 18.8 Å². The van der Waals surface area contributed by atoms with Gasteiger partial charge in [0.1, 0.15) is 13.2 Å². The van der Waals surface area contributed by atoms with Crippen molar-refractivity contribution in [1.29, 1.82) is 0 Å². The van der Waals surface area contributed by atoms with Gasteiger partial charge in [-0.1, -0.05) is 11.8 Å². The molecule has 0 saturated carbocycles. The Kier molecular flexibility index (Phi) is 3.20. The Bertz CT molecular complexity index is 599. The zero-order valence-corrected chi connectivity index (χ0v) is 11.5. The van der Waals surface area contributed by atoms with E-state index >= 15 is 0 Å². The molecular formula is C12H14N4O2S. The van der Waals surface area contributed by atoms with Crippen LogP contribution in [0.3, 0.4) is 0 Å². The van der Waals surface area contributed by atoms with Crippen LogP contribution in [0.2, 0.25) is 0 Å². The van der Waals surface area contributed by atoms with Gasteiger partial charge in [0.15, 0.2) is 16.7 Å². The first-order valence-electron chi connectivity index (χ1n) is 5.88. The predicted octanol–water partition coefficient (Wildman–Crippen LogP) is 2.05. The summed E-state index contributed by atoms with van der Waals surface area (Å²) in [6, 6.07) is 5.70. The number of fused-ring (bicyclic) bond motifs is 1. The lowest BCUT2D eigenvalue weighted by atomic mass is 10.2. The van der Waals surface area contributed by atoms with E-state index < -0.39 is 0 Å². The topological polar surface area (TPSA) is 61.2 Å². The standard InChI is InChI=1S/C12H14N4O2S/c1-16-12(19-2)14-11(15-16)13-8-3-4-9-10(7-8)18-6-5-17-9/h3-4,7H,5-6H2,1-2H3,(H,13,15). The lowest BCUT2D eigenvalue weighted by molar-refractivity contribution is 0.171. The van der Waals surface area contributed by atoms with Gasteiger partial charge in [-0.15, -0.1) is 5.10 Å². The molecule has 1 N–H and O–H groups in total. The molecule has 1 aliphatic rings. The predicted molar refractivity (Wildman–Crippen MR) is 73.5 cm³/mol. The number of hydrogen-bond acceptors (Lipinski definition) is 6. The summed E-state index contributed by atoms with van der Waals surface area (Å²) >= 11 is 1.55. The SMILES string of the molecule is CSc1nc(Nc2ccc3c(c2)OCCO3)nn1C. The van der Waals surface area contributed by atoms with Crippen LogP contribution in [0, 0.1) is 0 Å². The van der Waals surface area contributed by atoms with Crippen LogP contribution in [-0.4, -0.2) is 34.2 Å². The quantitative estimate of drug-likeness (QED) is 0.867. The highest BCUT2D eigenvalue weighted by Crippen LogP contribution is 2.33. The van der Waals surface area contributed by atoms with Crippen molar-refractivity contribution >= 4 is 23.4 Å². The summed E-state index contributed by atoms with van der Waals surface area (Å²) in [5.74, 6) is 2.09. The second kappa shape index (κ2) is 5.00. The number of benzene rings is 1. The highest BCUT2D eigenvalue weighted by atomic mass is 32.2. The van der Waals surface area contributed by atoms with Crippen molar-refractivity contribution in [3.05, 3.63) is 18.2 Å². The first-order valence-corrected chi connectivity index (χ1v) is 7.10. The van der Waals surface area contributed by atoms with Gasteiger partial charge in [0.2, 0.25) is 5.95 Å². The average molecular weight is 278 g/mol. The van der Waals surface area contributed by atoms with Crippen LogP contribution in [0.5, 0.6) is 11.5 Å². The number of aryl methyl sites for hydroxylation is 1. The maximum atomic E-state index is 5.54. The first-order chi connectivity index (χ1) is 9.26. The fourth-order valence-electron chi connectivity index (χ4n) is 1.85. The molecule has 0 unspecified atom stereocenters. The Hall–Kier alpha value is -1.89. The summed E-state index contributed by atoms with van der Waals surface area (Å²) in [6.45, 7) is 1.17. The van der Waals surface area contributed by atoms with Gasteiger partial charge in [0.05, 0.1) is 0 Å². The van der Waals surface area contributed by atoms with Crippen molar-refractivity contribution in [1.82, 2.24) is 14.8 Å². The fraction of sp³-hybridized carbons (Fsp3) is 0.333. The summed E-state index contributed by atoms with van der Waals surface area (Å²) in [7, 11) is 1.87. The third-order valence-electron chi connectivity index (χ3n) is 2.70. The van der Waals surface area contributed by atoms with E-state index in [9.17, 15) is 0 Å². The second-order valence-electron chi connectivity index (χ2n) is 4.03. The third-order valence-corrected chi connectivity index (χ3v) is 3.42. The highest BCUT2D eigenvalue weighted by molar-refractivity contribution is 7.98. The maximum Gasteiger partial charge on any atom is 0.247 e. The molecule has 3 rings (SSSR count). The maximum absolute atomic E-state index is 5.54. The zero-order valence-electron chi connectivity index (χ0n) is 10.7. The molecule has 0 radical (unpaired) electrons. The Labute approximate surface area is 115 Å². The molecule has 1 aliphatic heterocycles. The van der Waals surface area contributed by atoms with Crippen LogP contribution >= 0.6 is 11.8 Å².